The zero-order chi connectivity index (χ0) is 23.1. The first kappa shape index (κ1) is 23.3. The van der Waals surface area contributed by atoms with Crippen LogP contribution in [0.25, 0.3) is 0 Å². The Morgan fingerprint density at radius 3 is 2.53 bits per heavy atom. The summed E-state index contributed by atoms with van der Waals surface area (Å²) >= 11 is 0. The van der Waals surface area contributed by atoms with E-state index in [1.807, 2.05) is 4.90 Å². The Bertz CT molecular complexity index is 942. The van der Waals surface area contributed by atoms with Gasteiger partial charge in [0.2, 0.25) is 15.9 Å². The van der Waals surface area contributed by atoms with Crippen molar-refractivity contribution < 1.29 is 26.4 Å². The van der Waals surface area contributed by atoms with E-state index in [2.05, 4.69) is 10.3 Å². The molecule has 0 saturated carbocycles. The van der Waals surface area contributed by atoms with Crippen molar-refractivity contribution in [2.24, 2.45) is 5.92 Å². The number of nitrogens with one attached hydrogen (secondary N) is 1. The lowest BCUT2D eigenvalue weighted by Gasteiger charge is -2.39. The van der Waals surface area contributed by atoms with Gasteiger partial charge in [-0.15, -0.1) is 0 Å². The van der Waals surface area contributed by atoms with Gasteiger partial charge in [-0.05, 0) is 50.5 Å². The lowest BCUT2D eigenvalue weighted by molar-refractivity contribution is -0.148. The summed E-state index contributed by atoms with van der Waals surface area (Å²) in [6.45, 7) is 2.61. The zero-order valence-electron chi connectivity index (χ0n) is 18.0. The molecule has 2 bridgehead atoms. The lowest BCUT2D eigenvalue weighted by Crippen LogP contribution is -2.49. The number of pyridine rings is 1. The van der Waals surface area contributed by atoms with Gasteiger partial charge in [0, 0.05) is 57.0 Å². The van der Waals surface area contributed by atoms with E-state index >= 15 is 0 Å². The van der Waals surface area contributed by atoms with Gasteiger partial charge in [-0.25, -0.2) is 8.42 Å². The SMILES string of the molecule is CC(=O)NC1CCCN(c2ccncc2S(=O)(=O)N2C3CCC2CC(CC(F)(F)F)C3)C1. The van der Waals surface area contributed by atoms with E-state index in [1.165, 1.54) is 17.4 Å². The van der Waals surface area contributed by atoms with Gasteiger partial charge in [0.05, 0.1) is 5.69 Å². The Morgan fingerprint density at radius 1 is 1.22 bits per heavy atom. The van der Waals surface area contributed by atoms with Crippen LogP contribution in [0.2, 0.25) is 0 Å². The number of aromatic nitrogens is 1. The number of halogens is 3. The van der Waals surface area contributed by atoms with Crippen LogP contribution in [0.5, 0.6) is 0 Å². The number of carbonyl (C=O) groups is 1. The third kappa shape index (κ3) is 4.88. The minimum absolute atomic E-state index is 0.0701. The molecule has 0 spiro atoms. The molecule has 3 aliphatic rings. The van der Waals surface area contributed by atoms with Crippen molar-refractivity contribution in [3.8, 4) is 0 Å². The quantitative estimate of drug-likeness (QED) is 0.709. The number of nitrogens with zero attached hydrogens (tertiary/aromatic N) is 3. The molecule has 4 heterocycles. The molecule has 11 heteroatoms. The molecule has 3 atom stereocenters. The largest absolute Gasteiger partial charge is 0.389 e. The van der Waals surface area contributed by atoms with Crippen LogP contribution in [0.4, 0.5) is 18.9 Å². The topological polar surface area (TPSA) is 82.6 Å². The third-order valence-electron chi connectivity index (χ3n) is 6.77. The molecule has 1 amide bonds. The van der Waals surface area contributed by atoms with Crippen molar-refractivity contribution in [1.29, 1.82) is 0 Å². The van der Waals surface area contributed by atoms with Crippen LogP contribution < -0.4 is 10.2 Å². The van der Waals surface area contributed by atoms with Gasteiger partial charge in [0.25, 0.3) is 0 Å². The second-order valence-electron chi connectivity index (χ2n) is 9.21. The normalized spacial score (nSPS) is 29.2. The average Bonchev–Trinajstić information content (AvgIpc) is 2.99. The summed E-state index contributed by atoms with van der Waals surface area (Å²) in [7, 11) is -3.92. The number of anilines is 1. The fraction of sp³-hybridized carbons (Fsp3) is 0.714. The molecule has 1 aromatic rings. The molecule has 3 saturated heterocycles. The predicted molar refractivity (Wildman–Crippen MR) is 113 cm³/mol. The number of piperidine rings is 2. The van der Waals surface area contributed by atoms with Crippen molar-refractivity contribution in [2.45, 2.75) is 81.1 Å². The molecule has 4 rings (SSSR count). The molecule has 3 fully saturated rings. The highest BCUT2D eigenvalue weighted by Crippen LogP contribution is 2.46. The summed E-state index contributed by atoms with van der Waals surface area (Å²) in [5.74, 6) is -0.662. The van der Waals surface area contributed by atoms with Crippen LogP contribution in [-0.4, -0.2) is 61.0 Å². The molecule has 0 aliphatic carbocycles. The molecule has 0 radical (unpaired) electrons. The monoisotopic (exact) mass is 474 g/mol. The van der Waals surface area contributed by atoms with Crippen LogP contribution in [-0.2, 0) is 14.8 Å². The summed E-state index contributed by atoms with van der Waals surface area (Å²) in [5.41, 5.74) is 0.534. The summed E-state index contributed by atoms with van der Waals surface area (Å²) < 4.78 is 67.6. The molecular weight excluding hydrogens is 445 g/mol. The van der Waals surface area contributed by atoms with Crippen molar-refractivity contribution in [3.05, 3.63) is 18.5 Å². The maximum atomic E-state index is 13.7. The highest BCUT2D eigenvalue weighted by Gasteiger charge is 2.49. The van der Waals surface area contributed by atoms with Gasteiger partial charge in [0.1, 0.15) is 4.90 Å². The van der Waals surface area contributed by atoms with Crippen molar-refractivity contribution in [2.75, 3.05) is 18.0 Å². The molecule has 1 aromatic heterocycles. The first-order chi connectivity index (χ1) is 15.0. The Morgan fingerprint density at radius 2 is 1.91 bits per heavy atom. The van der Waals surface area contributed by atoms with E-state index in [0.717, 1.165) is 12.8 Å². The van der Waals surface area contributed by atoms with Gasteiger partial charge in [0.15, 0.2) is 0 Å². The van der Waals surface area contributed by atoms with Crippen LogP contribution in [0, 0.1) is 5.92 Å². The molecule has 0 aromatic carbocycles. The molecule has 178 valence electrons. The molecule has 3 unspecified atom stereocenters. The minimum atomic E-state index is -4.24. The van der Waals surface area contributed by atoms with Crippen molar-refractivity contribution in [1.82, 2.24) is 14.6 Å². The van der Waals surface area contributed by atoms with Crippen LogP contribution in [0.3, 0.4) is 0 Å². The van der Waals surface area contributed by atoms with Crippen LogP contribution in [0.1, 0.15) is 51.9 Å². The zero-order valence-corrected chi connectivity index (χ0v) is 18.8. The molecular formula is C21H29F3N4O3S. The Kier molecular flexibility index (Phi) is 6.41. The summed E-state index contributed by atoms with van der Waals surface area (Å²) in [6, 6.07) is 0.779. The first-order valence-corrected chi connectivity index (χ1v) is 12.5. The highest BCUT2D eigenvalue weighted by atomic mass is 32.2. The minimum Gasteiger partial charge on any atom is -0.368 e. The first-order valence-electron chi connectivity index (χ1n) is 11.1. The smallest absolute Gasteiger partial charge is 0.368 e. The Labute approximate surface area is 186 Å². The Hall–Kier alpha value is -1.88. The number of fused-ring (bicyclic) bond motifs is 2. The number of amides is 1. The van der Waals surface area contributed by atoms with Crippen LogP contribution in [0.15, 0.2) is 23.4 Å². The van der Waals surface area contributed by atoms with Crippen molar-refractivity contribution >= 4 is 21.6 Å². The summed E-state index contributed by atoms with van der Waals surface area (Å²) in [6.07, 6.45) is 1.06. The van der Waals surface area contributed by atoms with Gasteiger partial charge in [-0.1, -0.05) is 0 Å². The van der Waals surface area contributed by atoms with Gasteiger partial charge >= 0.3 is 6.18 Å². The third-order valence-corrected chi connectivity index (χ3v) is 8.79. The Balaban J connectivity index is 1.58. The van der Waals surface area contributed by atoms with Crippen LogP contribution >= 0.6 is 0 Å². The maximum Gasteiger partial charge on any atom is 0.389 e. The predicted octanol–water partition coefficient (Wildman–Crippen LogP) is 3.07. The lowest BCUT2D eigenvalue weighted by atomic mass is 9.89. The number of hydrogen-bond acceptors (Lipinski definition) is 5. The molecule has 1 N–H and O–H groups in total. The maximum absolute atomic E-state index is 13.7. The fourth-order valence-electron chi connectivity index (χ4n) is 5.68. The standard InChI is InChI=1S/C21H29F3N4O3S/c1-14(29)26-16-3-2-8-27(13-16)19-6-7-25-12-20(19)32(30,31)28-17-4-5-18(28)10-15(9-17)11-21(22,23)24/h6-7,12,15-18H,2-5,8-11,13H2,1H3,(H,26,29). The molecule has 3 aliphatic heterocycles. The number of alkyl halides is 3. The van der Waals surface area contributed by atoms with Gasteiger partial charge in [-0.3, -0.25) is 9.78 Å². The van der Waals surface area contributed by atoms with E-state index in [4.69, 9.17) is 0 Å². The van der Waals surface area contributed by atoms with E-state index in [1.54, 1.807) is 12.3 Å². The number of rotatable bonds is 5. The highest BCUT2D eigenvalue weighted by molar-refractivity contribution is 7.89. The van der Waals surface area contributed by atoms with E-state index in [-0.39, 0.29) is 29.7 Å². The van der Waals surface area contributed by atoms with Gasteiger partial charge in [-0.2, -0.15) is 17.5 Å². The van der Waals surface area contributed by atoms with Gasteiger partial charge < -0.3 is 10.2 Å². The average molecular weight is 475 g/mol. The number of sulfonamides is 1. The van der Waals surface area contributed by atoms with E-state index in [9.17, 15) is 26.4 Å². The molecule has 32 heavy (non-hydrogen) atoms. The number of hydrogen-bond donors (Lipinski definition) is 1. The summed E-state index contributed by atoms with van der Waals surface area (Å²) in [4.78, 5) is 17.6. The summed E-state index contributed by atoms with van der Waals surface area (Å²) in [5, 5.41) is 2.90. The van der Waals surface area contributed by atoms with E-state index in [0.29, 0.717) is 31.6 Å². The molecule has 7 nitrogen and oxygen atoms in total. The second kappa shape index (κ2) is 8.81. The second-order valence-corrected chi connectivity index (χ2v) is 11.0. The van der Waals surface area contributed by atoms with E-state index < -0.39 is 40.6 Å². The fourth-order valence-corrected chi connectivity index (χ4v) is 7.73. The van der Waals surface area contributed by atoms with Crippen molar-refractivity contribution in [3.63, 3.8) is 0 Å². The number of carbonyl (C=O) groups excluding carboxylic acids is 1.